The fourth-order valence-corrected chi connectivity index (χ4v) is 2.54. The van der Waals surface area contributed by atoms with Crippen molar-refractivity contribution in [2.75, 3.05) is 20.2 Å². The first-order valence-corrected chi connectivity index (χ1v) is 7.07. The number of nitriles is 1. The molecule has 1 atom stereocenters. The minimum absolute atomic E-state index is 0.503. The summed E-state index contributed by atoms with van der Waals surface area (Å²) in [7, 11) is 2.15. The average molecular weight is 258 g/mol. The van der Waals surface area contributed by atoms with E-state index < -0.39 is 0 Å². The van der Waals surface area contributed by atoms with Crippen LogP contribution in [0.4, 0.5) is 0 Å². The molecule has 0 N–H and O–H groups in total. The van der Waals surface area contributed by atoms with Crippen molar-refractivity contribution in [3.8, 4) is 6.07 Å². The highest BCUT2D eigenvalue weighted by atomic mass is 16.5. The molecule has 0 radical (unpaired) electrons. The van der Waals surface area contributed by atoms with Crippen LogP contribution in [-0.4, -0.2) is 31.2 Å². The third-order valence-electron chi connectivity index (χ3n) is 3.63. The molecule has 3 nitrogen and oxygen atoms in total. The van der Waals surface area contributed by atoms with E-state index in [1.54, 1.807) is 0 Å². The van der Waals surface area contributed by atoms with Crippen molar-refractivity contribution in [1.29, 1.82) is 5.26 Å². The summed E-state index contributed by atoms with van der Waals surface area (Å²) in [6, 6.07) is 9.99. The molecule has 2 rings (SSSR count). The van der Waals surface area contributed by atoms with Crippen LogP contribution in [-0.2, 0) is 11.3 Å². The molecule has 3 heteroatoms. The molecule has 1 aliphatic rings. The number of ether oxygens (including phenoxy) is 1. The zero-order valence-corrected chi connectivity index (χ0v) is 11.6. The van der Waals surface area contributed by atoms with Gasteiger partial charge in [-0.3, -0.25) is 0 Å². The Labute approximate surface area is 115 Å². The first-order chi connectivity index (χ1) is 9.28. The fraction of sp³-hybridized carbons (Fsp3) is 0.562. The van der Waals surface area contributed by atoms with Crippen LogP contribution in [0.15, 0.2) is 24.3 Å². The third-order valence-corrected chi connectivity index (χ3v) is 3.63. The first-order valence-electron chi connectivity index (χ1n) is 7.07. The molecule has 0 saturated carbocycles. The molecule has 1 fully saturated rings. The zero-order valence-electron chi connectivity index (χ0n) is 11.6. The summed E-state index contributed by atoms with van der Waals surface area (Å²) in [5, 5.41) is 8.76. The van der Waals surface area contributed by atoms with E-state index in [1.807, 2.05) is 24.3 Å². The lowest BCUT2D eigenvalue weighted by Crippen LogP contribution is -2.20. The summed E-state index contributed by atoms with van der Waals surface area (Å²) in [5.41, 5.74) is 1.99. The summed E-state index contributed by atoms with van der Waals surface area (Å²) in [6.45, 7) is 2.99. The van der Waals surface area contributed by atoms with Crippen LogP contribution in [0.1, 0.15) is 36.8 Å². The van der Waals surface area contributed by atoms with Gasteiger partial charge >= 0.3 is 0 Å². The summed E-state index contributed by atoms with van der Waals surface area (Å²) in [6.07, 6.45) is 5.34. The molecule has 1 saturated heterocycles. The Bertz CT molecular complexity index is 415. The number of nitrogens with zero attached hydrogens (tertiary/aromatic N) is 2. The van der Waals surface area contributed by atoms with Gasteiger partial charge in [-0.15, -0.1) is 0 Å². The topological polar surface area (TPSA) is 36.3 Å². The molecule has 0 aromatic heterocycles. The van der Waals surface area contributed by atoms with Crippen LogP contribution < -0.4 is 0 Å². The zero-order chi connectivity index (χ0) is 13.5. The van der Waals surface area contributed by atoms with Crippen LogP contribution in [0.2, 0.25) is 0 Å². The quantitative estimate of drug-likeness (QED) is 0.787. The maximum atomic E-state index is 8.76. The van der Waals surface area contributed by atoms with E-state index >= 15 is 0 Å². The maximum absolute atomic E-state index is 8.76. The maximum Gasteiger partial charge on any atom is 0.0991 e. The van der Waals surface area contributed by atoms with Crippen LogP contribution in [0.5, 0.6) is 0 Å². The van der Waals surface area contributed by atoms with Crippen molar-refractivity contribution in [2.24, 2.45) is 0 Å². The average Bonchev–Trinajstić information content (AvgIpc) is 2.93. The van der Waals surface area contributed by atoms with E-state index in [4.69, 9.17) is 10.00 Å². The Morgan fingerprint density at radius 2 is 2.16 bits per heavy atom. The van der Waals surface area contributed by atoms with Crippen LogP contribution in [0.3, 0.4) is 0 Å². The van der Waals surface area contributed by atoms with E-state index in [-0.39, 0.29) is 0 Å². The van der Waals surface area contributed by atoms with Crippen molar-refractivity contribution >= 4 is 0 Å². The van der Waals surface area contributed by atoms with Gasteiger partial charge < -0.3 is 9.64 Å². The van der Waals surface area contributed by atoms with Crippen LogP contribution in [0, 0.1) is 11.3 Å². The number of hydrogen-bond donors (Lipinski definition) is 0. The minimum Gasteiger partial charge on any atom is -0.378 e. The largest absolute Gasteiger partial charge is 0.378 e. The first kappa shape index (κ1) is 14.0. The molecule has 0 amide bonds. The number of benzene rings is 1. The van der Waals surface area contributed by atoms with Gasteiger partial charge in [-0.1, -0.05) is 12.1 Å². The van der Waals surface area contributed by atoms with Crippen LogP contribution >= 0.6 is 0 Å². The van der Waals surface area contributed by atoms with E-state index in [0.717, 1.165) is 25.3 Å². The summed E-state index contributed by atoms with van der Waals surface area (Å²) < 4.78 is 5.63. The normalized spacial score (nSPS) is 18.7. The molecule has 1 heterocycles. The second kappa shape index (κ2) is 7.28. The third kappa shape index (κ3) is 4.66. The SMILES string of the molecule is CN(CCC[C@H]1CCCO1)Cc1ccc(C#N)cc1. The van der Waals surface area contributed by atoms with Crippen molar-refractivity contribution < 1.29 is 4.74 Å². The molecular formula is C16H22N2O. The van der Waals surface area contributed by atoms with E-state index in [9.17, 15) is 0 Å². The monoisotopic (exact) mass is 258 g/mol. The summed E-state index contributed by atoms with van der Waals surface area (Å²) in [5.74, 6) is 0. The van der Waals surface area contributed by atoms with Gasteiger partial charge in [-0.25, -0.2) is 0 Å². The Balaban J connectivity index is 1.68. The van der Waals surface area contributed by atoms with Gasteiger partial charge in [0.1, 0.15) is 0 Å². The van der Waals surface area contributed by atoms with Crippen molar-refractivity contribution in [3.05, 3.63) is 35.4 Å². The highest BCUT2D eigenvalue weighted by Gasteiger charge is 2.14. The molecule has 0 aliphatic carbocycles. The van der Waals surface area contributed by atoms with E-state index in [0.29, 0.717) is 6.10 Å². The second-order valence-electron chi connectivity index (χ2n) is 5.32. The molecule has 1 aromatic rings. The van der Waals surface area contributed by atoms with Gasteiger partial charge in [0.25, 0.3) is 0 Å². The summed E-state index contributed by atoms with van der Waals surface area (Å²) >= 11 is 0. The minimum atomic E-state index is 0.503. The van der Waals surface area contributed by atoms with Gasteiger partial charge in [0.15, 0.2) is 0 Å². The predicted octanol–water partition coefficient (Wildman–Crippen LogP) is 2.95. The molecule has 1 aliphatic heterocycles. The smallest absolute Gasteiger partial charge is 0.0991 e. The van der Waals surface area contributed by atoms with Gasteiger partial charge in [0, 0.05) is 13.2 Å². The number of hydrogen-bond acceptors (Lipinski definition) is 3. The van der Waals surface area contributed by atoms with Crippen molar-refractivity contribution in [2.45, 2.75) is 38.3 Å². The van der Waals surface area contributed by atoms with Gasteiger partial charge in [0.2, 0.25) is 0 Å². The summed E-state index contributed by atoms with van der Waals surface area (Å²) in [4.78, 5) is 2.33. The van der Waals surface area contributed by atoms with E-state index in [1.165, 1.54) is 31.2 Å². The van der Waals surface area contributed by atoms with Gasteiger partial charge in [-0.2, -0.15) is 5.26 Å². The molecule has 102 valence electrons. The lowest BCUT2D eigenvalue weighted by atomic mass is 10.1. The molecule has 0 bridgehead atoms. The molecule has 1 aromatic carbocycles. The molecule has 0 spiro atoms. The Morgan fingerprint density at radius 1 is 1.37 bits per heavy atom. The number of rotatable bonds is 6. The van der Waals surface area contributed by atoms with Crippen LogP contribution in [0.25, 0.3) is 0 Å². The standard InChI is InChI=1S/C16H22N2O/c1-18(10-2-4-16-5-3-11-19-16)13-15-8-6-14(12-17)7-9-15/h6-9,16H,2-5,10-11,13H2,1H3/t16-/m0/s1. The molecular weight excluding hydrogens is 236 g/mol. The van der Waals surface area contributed by atoms with Crippen molar-refractivity contribution in [1.82, 2.24) is 4.90 Å². The second-order valence-corrected chi connectivity index (χ2v) is 5.32. The van der Waals surface area contributed by atoms with E-state index in [2.05, 4.69) is 18.0 Å². The van der Waals surface area contributed by atoms with Crippen molar-refractivity contribution in [3.63, 3.8) is 0 Å². The Kier molecular flexibility index (Phi) is 5.38. The Morgan fingerprint density at radius 3 is 2.79 bits per heavy atom. The predicted molar refractivity (Wildman–Crippen MR) is 75.7 cm³/mol. The lowest BCUT2D eigenvalue weighted by Gasteiger charge is -2.17. The van der Waals surface area contributed by atoms with Gasteiger partial charge in [-0.05, 0) is 57.0 Å². The highest BCUT2D eigenvalue weighted by molar-refractivity contribution is 5.31. The highest BCUT2D eigenvalue weighted by Crippen LogP contribution is 2.17. The molecule has 0 unspecified atom stereocenters. The molecule has 19 heavy (non-hydrogen) atoms. The lowest BCUT2D eigenvalue weighted by molar-refractivity contribution is 0.0995. The van der Waals surface area contributed by atoms with Gasteiger partial charge in [0.05, 0.1) is 17.7 Å². The Hall–Kier alpha value is -1.37. The fourth-order valence-electron chi connectivity index (χ4n) is 2.54.